The summed E-state index contributed by atoms with van der Waals surface area (Å²) in [7, 11) is 0. The summed E-state index contributed by atoms with van der Waals surface area (Å²) in [5.74, 6) is 1.09. The first-order valence-electron chi connectivity index (χ1n) is 8.62. The zero-order valence-corrected chi connectivity index (χ0v) is 15.0. The second-order valence-corrected chi connectivity index (χ2v) is 6.86. The number of likely N-dealkylation sites (tertiary alicyclic amines) is 1. The first-order chi connectivity index (χ1) is 12.3. The fraction of sp³-hybridized carbons (Fsp3) is 0.368. The van der Waals surface area contributed by atoms with Crippen molar-refractivity contribution in [2.75, 3.05) is 18.8 Å². The van der Waals surface area contributed by atoms with E-state index in [4.69, 9.17) is 9.41 Å². The molecule has 25 heavy (non-hydrogen) atoms. The molecule has 1 saturated heterocycles. The van der Waals surface area contributed by atoms with Crippen LogP contribution in [0.2, 0.25) is 0 Å². The molecule has 0 atom stereocenters. The van der Waals surface area contributed by atoms with Gasteiger partial charge in [0, 0.05) is 13.1 Å². The maximum absolute atomic E-state index is 12.1. The molecule has 1 N–H and O–H groups in total. The lowest BCUT2D eigenvalue weighted by Gasteiger charge is -2.29. The molecule has 1 aromatic heterocycles. The van der Waals surface area contributed by atoms with Crippen LogP contribution in [0.4, 0.5) is 5.69 Å². The first-order valence-corrected chi connectivity index (χ1v) is 9.60. The molecule has 0 radical (unpaired) electrons. The molecule has 3 rings (SSSR count). The van der Waals surface area contributed by atoms with Crippen LogP contribution >= 0.6 is 11.8 Å². The second-order valence-electron chi connectivity index (χ2n) is 5.92. The minimum atomic E-state index is -0.0147. The van der Waals surface area contributed by atoms with Gasteiger partial charge in [0.05, 0.1) is 24.2 Å². The Labute approximate surface area is 152 Å². The van der Waals surface area contributed by atoms with E-state index in [1.54, 1.807) is 6.26 Å². The SMILES string of the molecule is O=C(CSC(=Nc1ccccc1)N1CCCCC1)NCc1ccco1. The van der Waals surface area contributed by atoms with Crippen LogP contribution in [0.5, 0.6) is 0 Å². The molecule has 2 heterocycles. The lowest BCUT2D eigenvalue weighted by molar-refractivity contribution is -0.118. The summed E-state index contributed by atoms with van der Waals surface area (Å²) in [6.07, 6.45) is 5.23. The Kier molecular flexibility index (Phi) is 6.56. The van der Waals surface area contributed by atoms with Gasteiger partial charge >= 0.3 is 0 Å². The second kappa shape index (κ2) is 9.32. The highest BCUT2D eigenvalue weighted by Gasteiger charge is 2.17. The number of hydrogen-bond donors (Lipinski definition) is 1. The van der Waals surface area contributed by atoms with Gasteiger partial charge in [-0.3, -0.25) is 4.79 Å². The van der Waals surface area contributed by atoms with Crippen LogP contribution in [0.15, 0.2) is 58.1 Å². The molecule has 1 amide bonds. The molecule has 1 fully saturated rings. The Bertz CT molecular complexity index is 680. The van der Waals surface area contributed by atoms with E-state index in [9.17, 15) is 4.79 Å². The summed E-state index contributed by atoms with van der Waals surface area (Å²) in [5, 5.41) is 3.81. The quantitative estimate of drug-likeness (QED) is 0.653. The zero-order chi connectivity index (χ0) is 17.3. The van der Waals surface area contributed by atoms with E-state index >= 15 is 0 Å². The highest BCUT2D eigenvalue weighted by Crippen LogP contribution is 2.20. The molecule has 132 valence electrons. The fourth-order valence-corrected chi connectivity index (χ4v) is 3.57. The number of amides is 1. The van der Waals surface area contributed by atoms with Crippen molar-refractivity contribution >= 4 is 28.5 Å². The number of carbonyl (C=O) groups excluding carboxylic acids is 1. The molecule has 1 aromatic carbocycles. The van der Waals surface area contributed by atoms with Gasteiger partial charge in [-0.2, -0.15) is 0 Å². The standard InChI is InChI=1S/C19H23N3O2S/c23-18(20-14-17-10-7-13-24-17)15-25-19(22-11-5-2-6-12-22)21-16-8-3-1-4-9-16/h1,3-4,7-10,13H,2,5-6,11-12,14-15H2,(H,20,23). The van der Waals surface area contributed by atoms with Crippen molar-refractivity contribution in [1.29, 1.82) is 0 Å². The third kappa shape index (κ3) is 5.67. The van der Waals surface area contributed by atoms with Crippen LogP contribution in [0.25, 0.3) is 0 Å². The van der Waals surface area contributed by atoms with Crippen molar-refractivity contribution < 1.29 is 9.21 Å². The van der Waals surface area contributed by atoms with Gasteiger partial charge < -0.3 is 14.6 Å². The van der Waals surface area contributed by atoms with Gasteiger partial charge in [0.2, 0.25) is 5.91 Å². The largest absolute Gasteiger partial charge is 0.467 e. The normalized spacial score (nSPS) is 15.2. The number of benzene rings is 1. The van der Waals surface area contributed by atoms with Gasteiger partial charge in [0.15, 0.2) is 5.17 Å². The minimum absolute atomic E-state index is 0.0147. The van der Waals surface area contributed by atoms with Crippen molar-refractivity contribution in [1.82, 2.24) is 10.2 Å². The topological polar surface area (TPSA) is 57.8 Å². The number of piperidine rings is 1. The van der Waals surface area contributed by atoms with Crippen LogP contribution < -0.4 is 5.32 Å². The zero-order valence-electron chi connectivity index (χ0n) is 14.2. The molecular weight excluding hydrogens is 334 g/mol. The van der Waals surface area contributed by atoms with Gasteiger partial charge in [0.1, 0.15) is 5.76 Å². The Balaban J connectivity index is 1.59. The molecule has 1 aliphatic rings. The molecule has 6 heteroatoms. The molecule has 5 nitrogen and oxygen atoms in total. The number of rotatable bonds is 5. The fourth-order valence-electron chi connectivity index (χ4n) is 2.67. The average Bonchev–Trinajstić information content (AvgIpc) is 3.18. The first kappa shape index (κ1) is 17.6. The van der Waals surface area contributed by atoms with Crippen LogP contribution in [0.1, 0.15) is 25.0 Å². The third-order valence-corrected chi connectivity index (χ3v) is 4.99. The van der Waals surface area contributed by atoms with E-state index in [-0.39, 0.29) is 5.91 Å². The molecule has 0 unspecified atom stereocenters. The lowest BCUT2D eigenvalue weighted by atomic mass is 10.1. The molecule has 0 spiro atoms. The van der Waals surface area contributed by atoms with Gasteiger partial charge in [0.25, 0.3) is 0 Å². The number of amidine groups is 1. The molecule has 0 bridgehead atoms. The summed E-state index contributed by atoms with van der Waals surface area (Å²) in [4.78, 5) is 19.2. The van der Waals surface area contributed by atoms with Crippen molar-refractivity contribution in [3.8, 4) is 0 Å². The molecule has 0 aliphatic carbocycles. The number of para-hydroxylation sites is 1. The van der Waals surface area contributed by atoms with Gasteiger partial charge in [-0.15, -0.1) is 0 Å². The highest BCUT2D eigenvalue weighted by molar-refractivity contribution is 8.14. The molecular formula is C19H23N3O2S. The predicted octanol–water partition coefficient (Wildman–Crippen LogP) is 3.80. The Morgan fingerprint density at radius 3 is 2.64 bits per heavy atom. The van der Waals surface area contributed by atoms with Gasteiger partial charge in [-0.05, 0) is 43.5 Å². The average molecular weight is 357 g/mol. The number of thioether (sulfide) groups is 1. The maximum atomic E-state index is 12.1. The Morgan fingerprint density at radius 2 is 1.92 bits per heavy atom. The summed E-state index contributed by atoms with van der Waals surface area (Å²) >= 11 is 1.50. The monoisotopic (exact) mass is 357 g/mol. The Hall–Kier alpha value is -2.21. The minimum Gasteiger partial charge on any atom is -0.467 e. The predicted molar refractivity (Wildman–Crippen MR) is 102 cm³/mol. The van der Waals surface area contributed by atoms with E-state index in [1.165, 1.54) is 31.0 Å². The molecule has 1 aliphatic heterocycles. The van der Waals surface area contributed by atoms with Crippen LogP contribution in [-0.2, 0) is 11.3 Å². The number of aliphatic imine (C=N–C) groups is 1. The van der Waals surface area contributed by atoms with E-state index in [0.717, 1.165) is 29.7 Å². The number of carbonyl (C=O) groups is 1. The molecule has 2 aromatic rings. The van der Waals surface area contributed by atoms with Crippen molar-refractivity contribution in [3.63, 3.8) is 0 Å². The van der Waals surface area contributed by atoms with Crippen LogP contribution in [0, 0.1) is 0 Å². The summed E-state index contributed by atoms with van der Waals surface area (Å²) in [5.41, 5.74) is 0.923. The Morgan fingerprint density at radius 1 is 1.12 bits per heavy atom. The number of furan rings is 1. The summed E-state index contributed by atoms with van der Waals surface area (Å²) in [6, 6.07) is 13.6. The van der Waals surface area contributed by atoms with Crippen molar-refractivity contribution in [3.05, 3.63) is 54.5 Å². The number of hydrogen-bond acceptors (Lipinski definition) is 4. The smallest absolute Gasteiger partial charge is 0.230 e. The van der Waals surface area contributed by atoms with Gasteiger partial charge in [-0.25, -0.2) is 4.99 Å². The lowest BCUT2D eigenvalue weighted by Crippen LogP contribution is -2.35. The maximum Gasteiger partial charge on any atom is 0.230 e. The van der Waals surface area contributed by atoms with Crippen LogP contribution in [-0.4, -0.2) is 34.8 Å². The van der Waals surface area contributed by atoms with Crippen molar-refractivity contribution in [2.45, 2.75) is 25.8 Å². The van der Waals surface area contributed by atoms with E-state index < -0.39 is 0 Å². The number of nitrogens with one attached hydrogen (secondary N) is 1. The summed E-state index contributed by atoms with van der Waals surface area (Å²) in [6.45, 7) is 2.43. The van der Waals surface area contributed by atoms with E-state index in [1.807, 2.05) is 42.5 Å². The molecule has 0 saturated carbocycles. The third-order valence-electron chi connectivity index (χ3n) is 3.98. The van der Waals surface area contributed by atoms with Crippen LogP contribution in [0.3, 0.4) is 0 Å². The van der Waals surface area contributed by atoms with E-state index in [0.29, 0.717) is 12.3 Å². The van der Waals surface area contributed by atoms with Gasteiger partial charge in [-0.1, -0.05) is 30.0 Å². The number of nitrogens with zero attached hydrogens (tertiary/aromatic N) is 2. The summed E-state index contributed by atoms with van der Waals surface area (Å²) < 4.78 is 5.23. The van der Waals surface area contributed by atoms with Crippen molar-refractivity contribution in [2.24, 2.45) is 4.99 Å². The highest BCUT2D eigenvalue weighted by atomic mass is 32.2. The van der Waals surface area contributed by atoms with E-state index in [2.05, 4.69) is 10.2 Å².